The summed E-state index contributed by atoms with van der Waals surface area (Å²) in [5, 5.41) is 0.708. The van der Waals surface area contributed by atoms with E-state index >= 15 is 0 Å². The zero-order valence-corrected chi connectivity index (χ0v) is 17.2. The zero-order chi connectivity index (χ0) is 19.4. The normalized spacial score (nSPS) is 22.6. The first-order chi connectivity index (χ1) is 12.9. The van der Waals surface area contributed by atoms with Crippen LogP contribution in [0.4, 0.5) is 0 Å². The molecule has 0 saturated heterocycles. The van der Waals surface area contributed by atoms with Crippen LogP contribution in [0.25, 0.3) is 0 Å². The van der Waals surface area contributed by atoms with Crippen molar-refractivity contribution in [3.8, 4) is 0 Å². The number of halogens is 1. The fourth-order valence-electron chi connectivity index (χ4n) is 3.92. The van der Waals surface area contributed by atoms with Gasteiger partial charge >= 0.3 is 0 Å². The zero-order valence-electron chi connectivity index (χ0n) is 16.5. The Morgan fingerprint density at radius 3 is 2.56 bits per heavy atom. The van der Waals surface area contributed by atoms with E-state index in [1.165, 1.54) is 0 Å². The molecule has 1 saturated carbocycles. The minimum atomic E-state index is 0.0868. The van der Waals surface area contributed by atoms with Crippen molar-refractivity contribution in [3.63, 3.8) is 0 Å². The van der Waals surface area contributed by atoms with E-state index in [1.54, 1.807) is 0 Å². The van der Waals surface area contributed by atoms with E-state index in [1.807, 2.05) is 42.2 Å². The highest BCUT2D eigenvalue weighted by molar-refractivity contribution is 6.31. The molecular weight excluding hydrogens is 360 g/mol. The summed E-state index contributed by atoms with van der Waals surface area (Å²) < 4.78 is 5.98. The highest BCUT2D eigenvalue weighted by Gasteiger charge is 2.31. The number of amides is 1. The summed E-state index contributed by atoms with van der Waals surface area (Å²) in [4.78, 5) is 19.6. The number of ether oxygens (including phenoxy) is 1. The van der Waals surface area contributed by atoms with Crippen molar-refractivity contribution in [3.05, 3.63) is 46.5 Å². The van der Waals surface area contributed by atoms with Crippen molar-refractivity contribution in [1.82, 2.24) is 4.90 Å². The number of rotatable bonds is 6. The standard InChI is InChI=1S/C22H29ClN2O2/c1-15(2)27-20-10-8-19(9-11-20)25(14-17-6-4-5-7-21(17)23)22(26)18-12-16(3)24-13-18/h4-7,12,15,19-20H,8-11,13-14H2,1-3H3. The molecule has 1 aliphatic heterocycles. The Hall–Kier alpha value is -1.65. The third kappa shape index (κ3) is 5.20. The molecule has 0 atom stereocenters. The van der Waals surface area contributed by atoms with Gasteiger partial charge in [-0.05, 0) is 64.2 Å². The Bertz CT molecular complexity index is 734. The van der Waals surface area contributed by atoms with Gasteiger partial charge in [0, 0.05) is 28.9 Å². The van der Waals surface area contributed by atoms with Gasteiger partial charge in [-0.3, -0.25) is 9.79 Å². The molecule has 0 bridgehead atoms. The minimum absolute atomic E-state index is 0.0868. The number of aliphatic imine (C=N–C) groups is 1. The lowest BCUT2D eigenvalue weighted by Gasteiger charge is -2.37. The largest absolute Gasteiger partial charge is 0.376 e. The number of hydrogen-bond donors (Lipinski definition) is 0. The summed E-state index contributed by atoms with van der Waals surface area (Å²) in [7, 11) is 0. The second-order valence-electron chi connectivity index (χ2n) is 7.77. The van der Waals surface area contributed by atoms with Crippen molar-refractivity contribution >= 4 is 23.2 Å². The Kier molecular flexibility index (Phi) is 6.72. The molecule has 1 aliphatic carbocycles. The van der Waals surface area contributed by atoms with Crippen LogP contribution in [-0.4, -0.2) is 41.3 Å². The van der Waals surface area contributed by atoms with Crippen LogP contribution in [-0.2, 0) is 16.1 Å². The van der Waals surface area contributed by atoms with E-state index in [2.05, 4.69) is 18.8 Å². The van der Waals surface area contributed by atoms with Crippen LogP contribution in [0, 0.1) is 0 Å². The Labute approximate surface area is 167 Å². The second kappa shape index (κ2) is 9.03. The second-order valence-corrected chi connectivity index (χ2v) is 8.17. The molecule has 0 aromatic heterocycles. The van der Waals surface area contributed by atoms with Crippen LogP contribution < -0.4 is 0 Å². The van der Waals surface area contributed by atoms with E-state index in [9.17, 15) is 4.79 Å². The third-order valence-electron chi connectivity index (χ3n) is 5.27. The Morgan fingerprint density at radius 1 is 1.26 bits per heavy atom. The van der Waals surface area contributed by atoms with Crippen molar-refractivity contribution < 1.29 is 9.53 Å². The van der Waals surface area contributed by atoms with Crippen LogP contribution in [0.15, 0.2) is 40.9 Å². The first kappa shape index (κ1) is 20.1. The highest BCUT2D eigenvalue weighted by Crippen LogP contribution is 2.29. The van der Waals surface area contributed by atoms with Gasteiger partial charge in [0.05, 0.1) is 18.8 Å². The number of carbonyl (C=O) groups is 1. The summed E-state index contributed by atoms with van der Waals surface area (Å²) in [5.41, 5.74) is 2.69. The highest BCUT2D eigenvalue weighted by atomic mass is 35.5. The summed E-state index contributed by atoms with van der Waals surface area (Å²) in [6, 6.07) is 7.99. The molecule has 146 valence electrons. The molecule has 3 rings (SSSR count). The minimum Gasteiger partial charge on any atom is -0.376 e. The summed E-state index contributed by atoms with van der Waals surface area (Å²) in [5.74, 6) is 0.0868. The summed E-state index contributed by atoms with van der Waals surface area (Å²) >= 11 is 6.38. The molecule has 5 heteroatoms. The molecule has 2 aliphatic rings. The topological polar surface area (TPSA) is 41.9 Å². The fourth-order valence-corrected chi connectivity index (χ4v) is 4.12. The molecule has 4 nitrogen and oxygen atoms in total. The molecule has 0 unspecified atom stereocenters. The lowest BCUT2D eigenvalue weighted by Crippen LogP contribution is -2.44. The first-order valence-electron chi connectivity index (χ1n) is 9.85. The van der Waals surface area contributed by atoms with E-state index in [0.29, 0.717) is 24.2 Å². The maximum Gasteiger partial charge on any atom is 0.252 e. The first-order valence-corrected chi connectivity index (χ1v) is 10.2. The molecule has 1 aromatic carbocycles. The predicted molar refractivity (Wildman–Crippen MR) is 110 cm³/mol. The molecule has 0 N–H and O–H groups in total. The molecule has 1 aromatic rings. The van der Waals surface area contributed by atoms with Crippen LogP contribution in [0.2, 0.25) is 5.02 Å². The Morgan fingerprint density at radius 2 is 1.96 bits per heavy atom. The average molecular weight is 389 g/mol. The van der Waals surface area contributed by atoms with Gasteiger partial charge in [-0.2, -0.15) is 0 Å². The monoisotopic (exact) mass is 388 g/mol. The van der Waals surface area contributed by atoms with E-state index in [4.69, 9.17) is 16.3 Å². The smallest absolute Gasteiger partial charge is 0.252 e. The van der Waals surface area contributed by atoms with E-state index < -0.39 is 0 Å². The van der Waals surface area contributed by atoms with E-state index in [-0.39, 0.29) is 18.1 Å². The predicted octanol–water partition coefficient (Wildman–Crippen LogP) is 4.81. The molecule has 1 heterocycles. The summed E-state index contributed by atoms with van der Waals surface area (Å²) in [6.45, 7) is 7.11. The number of benzene rings is 1. The number of allylic oxidation sites excluding steroid dienone is 1. The van der Waals surface area contributed by atoms with Gasteiger partial charge in [-0.15, -0.1) is 0 Å². The van der Waals surface area contributed by atoms with Crippen molar-refractivity contribution in [1.29, 1.82) is 0 Å². The molecule has 27 heavy (non-hydrogen) atoms. The number of hydrogen-bond acceptors (Lipinski definition) is 3. The van der Waals surface area contributed by atoms with Crippen molar-refractivity contribution in [2.75, 3.05) is 6.54 Å². The van der Waals surface area contributed by atoms with Gasteiger partial charge in [0.2, 0.25) is 0 Å². The van der Waals surface area contributed by atoms with Crippen LogP contribution in [0.5, 0.6) is 0 Å². The Balaban J connectivity index is 1.75. The van der Waals surface area contributed by atoms with Crippen LogP contribution >= 0.6 is 11.6 Å². The maximum atomic E-state index is 13.3. The number of nitrogens with zero attached hydrogens (tertiary/aromatic N) is 2. The molecule has 0 radical (unpaired) electrons. The lowest BCUT2D eigenvalue weighted by atomic mass is 9.91. The number of carbonyl (C=O) groups excluding carboxylic acids is 1. The molecular formula is C22H29ClN2O2. The molecule has 1 fully saturated rings. The quantitative estimate of drug-likeness (QED) is 0.702. The third-order valence-corrected chi connectivity index (χ3v) is 5.63. The van der Waals surface area contributed by atoms with Crippen LogP contribution in [0.1, 0.15) is 52.0 Å². The summed E-state index contributed by atoms with van der Waals surface area (Å²) in [6.07, 6.45) is 6.36. The lowest BCUT2D eigenvalue weighted by molar-refractivity contribution is -0.131. The van der Waals surface area contributed by atoms with Gasteiger partial charge in [-0.1, -0.05) is 29.8 Å². The van der Waals surface area contributed by atoms with Crippen molar-refractivity contribution in [2.45, 2.75) is 71.2 Å². The molecule has 0 spiro atoms. The average Bonchev–Trinajstić information content (AvgIpc) is 3.07. The van der Waals surface area contributed by atoms with Gasteiger partial charge in [0.1, 0.15) is 0 Å². The SMILES string of the molecule is CC1=NCC(C(=O)N(Cc2ccccc2Cl)C2CCC(OC(C)C)CC2)=C1. The maximum absolute atomic E-state index is 13.3. The van der Waals surface area contributed by atoms with Crippen molar-refractivity contribution in [2.24, 2.45) is 4.99 Å². The fraction of sp³-hybridized carbons (Fsp3) is 0.545. The van der Waals surface area contributed by atoms with Crippen LogP contribution in [0.3, 0.4) is 0 Å². The van der Waals surface area contributed by atoms with E-state index in [0.717, 1.165) is 42.5 Å². The van der Waals surface area contributed by atoms with Gasteiger partial charge in [0.15, 0.2) is 0 Å². The van der Waals surface area contributed by atoms with Gasteiger partial charge in [-0.25, -0.2) is 0 Å². The van der Waals surface area contributed by atoms with Gasteiger partial charge < -0.3 is 9.64 Å². The molecule has 1 amide bonds. The van der Waals surface area contributed by atoms with Gasteiger partial charge in [0.25, 0.3) is 5.91 Å².